The van der Waals surface area contributed by atoms with Gasteiger partial charge in [-0.1, -0.05) is 48.5 Å². The van der Waals surface area contributed by atoms with E-state index in [1.165, 1.54) is 6.07 Å². The molecule has 0 bridgehead atoms. The van der Waals surface area contributed by atoms with Crippen LogP contribution in [0.15, 0.2) is 54.6 Å². The summed E-state index contributed by atoms with van der Waals surface area (Å²) in [6.45, 7) is 0.772. The predicted octanol–water partition coefficient (Wildman–Crippen LogP) is 4.64. The van der Waals surface area contributed by atoms with E-state index in [0.717, 1.165) is 24.6 Å². The molecule has 0 saturated carbocycles. The summed E-state index contributed by atoms with van der Waals surface area (Å²) in [4.78, 5) is 0. The van der Waals surface area contributed by atoms with E-state index in [0.29, 0.717) is 12.0 Å². The van der Waals surface area contributed by atoms with Crippen LogP contribution in [0.4, 0.5) is 13.2 Å². The van der Waals surface area contributed by atoms with Crippen LogP contribution in [-0.4, -0.2) is 13.6 Å². The Hall–Kier alpha value is -1.81. The quantitative estimate of drug-likeness (QED) is 0.819. The monoisotopic (exact) mass is 307 g/mol. The van der Waals surface area contributed by atoms with Crippen molar-refractivity contribution >= 4 is 0 Å². The lowest BCUT2D eigenvalue weighted by atomic mass is 9.87. The number of hydrogen-bond acceptors (Lipinski definition) is 1. The van der Waals surface area contributed by atoms with E-state index >= 15 is 0 Å². The number of benzene rings is 2. The lowest BCUT2D eigenvalue weighted by molar-refractivity contribution is -0.138. The molecule has 0 aromatic heterocycles. The summed E-state index contributed by atoms with van der Waals surface area (Å²) in [6, 6.07) is 15.6. The number of alkyl halides is 3. The Labute approximate surface area is 129 Å². The van der Waals surface area contributed by atoms with E-state index in [1.54, 1.807) is 12.1 Å². The summed E-state index contributed by atoms with van der Waals surface area (Å²) >= 11 is 0. The highest BCUT2D eigenvalue weighted by Crippen LogP contribution is 2.34. The second kappa shape index (κ2) is 7.45. The summed E-state index contributed by atoms with van der Waals surface area (Å²) in [5.74, 6) is 0.0668. The molecule has 1 nitrogen and oxygen atoms in total. The third-order valence-corrected chi connectivity index (χ3v) is 3.80. The fraction of sp³-hybridized carbons (Fsp3) is 0.333. The van der Waals surface area contributed by atoms with Gasteiger partial charge in [0.25, 0.3) is 0 Å². The maximum Gasteiger partial charge on any atom is 0.416 e. The number of rotatable bonds is 6. The van der Waals surface area contributed by atoms with Crippen molar-refractivity contribution < 1.29 is 13.2 Å². The van der Waals surface area contributed by atoms with Gasteiger partial charge in [-0.25, -0.2) is 0 Å². The van der Waals surface area contributed by atoms with E-state index in [9.17, 15) is 13.2 Å². The van der Waals surface area contributed by atoms with Crippen LogP contribution < -0.4 is 5.32 Å². The van der Waals surface area contributed by atoms with Crippen molar-refractivity contribution in [1.82, 2.24) is 5.32 Å². The van der Waals surface area contributed by atoms with Gasteiger partial charge >= 0.3 is 6.18 Å². The number of nitrogens with one attached hydrogen (secondary N) is 1. The van der Waals surface area contributed by atoms with E-state index in [-0.39, 0.29) is 5.92 Å². The summed E-state index contributed by atoms with van der Waals surface area (Å²) in [6.07, 6.45) is -3.12. The highest BCUT2D eigenvalue weighted by atomic mass is 19.4. The minimum absolute atomic E-state index is 0.0668. The van der Waals surface area contributed by atoms with Crippen LogP contribution in [-0.2, 0) is 12.6 Å². The van der Waals surface area contributed by atoms with E-state index in [2.05, 4.69) is 5.32 Å². The van der Waals surface area contributed by atoms with Gasteiger partial charge in [-0.2, -0.15) is 13.2 Å². The normalized spacial score (nSPS) is 13.1. The van der Waals surface area contributed by atoms with Gasteiger partial charge in [-0.15, -0.1) is 0 Å². The van der Waals surface area contributed by atoms with Gasteiger partial charge in [0.2, 0.25) is 0 Å². The molecule has 2 aromatic carbocycles. The topological polar surface area (TPSA) is 12.0 Å². The summed E-state index contributed by atoms with van der Waals surface area (Å²) in [7, 11) is 1.85. The molecule has 2 rings (SSSR count). The van der Waals surface area contributed by atoms with Crippen molar-refractivity contribution in [1.29, 1.82) is 0 Å². The van der Waals surface area contributed by atoms with E-state index in [1.807, 2.05) is 37.4 Å². The van der Waals surface area contributed by atoms with Gasteiger partial charge in [-0.3, -0.25) is 0 Å². The summed E-state index contributed by atoms with van der Waals surface area (Å²) < 4.78 is 39.4. The molecule has 0 heterocycles. The molecule has 2 aromatic rings. The minimum Gasteiger partial charge on any atom is -0.320 e. The molecule has 0 saturated heterocycles. The largest absolute Gasteiger partial charge is 0.416 e. The molecule has 1 atom stereocenters. The van der Waals surface area contributed by atoms with Crippen molar-refractivity contribution in [3.8, 4) is 0 Å². The van der Waals surface area contributed by atoms with Gasteiger partial charge in [0.1, 0.15) is 0 Å². The van der Waals surface area contributed by atoms with Crippen LogP contribution in [0.5, 0.6) is 0 Å². The lowest BCUT2D eigenvalue weighted by Gasteiger charge is -2.20. The van der Waals surface area contributed by atoms with Crippen LogP contribution >= 0.6 is 0 Å². The van der Waals surface area contributed by atoms with Gasteiger partial charge in [0.05, 0.1) is 5.56 Å². The zero-order valence-corrected chi connectivity index (χ0v) is 12.5. The highest BCUT2D eigenvalue weighted by molar-refractivity contribution is 5.32. The number of halogens is 3. The smallest absolute Gasteiger partial charge is 0.320 e. The maximum atomic E-state index is 13.1. The van der Waals surface area contributed by atoms with Gasteiger partial charge < -0.3 is 5.32 Å². The average molecular weight is 307 g/mol. The fourth-order valence-corrected chi connectivity index (χ4v) is 2.67. The Balaban J connectivity index is 2.28. The Morgan fingerprint density at radius 2 is 1.59 bits per heavy atom. The molecule has 0 spiro atoms. The minimum atomic E-state index is -4.30. The van der Waals surface area contributed by atoms with Crippen molar-refractivity contribution in [2.24, 2.45) is 0 Å². The highest BCUT2D eigenvalue weighted by Gasteiger charge is 2.33. The summed E-state index contributed by atoms with van der Waals surface area (Å²) in [5.41, 5.74) is 0.912. The van der Waals surface area contributed by atoms with Gasteiger partial charge in [0, 0.05) is 0 Å². The second-order valence-corrected chi connectivity index (χ2v) is 5.36. The third kappa shape index (κ3) is 4.34. The molecule has 0 aliphatic rings. The molecule has 0 radical (unpaired) electrons. The Bertz CT molecular complexity index is 578. The molecule has 0 fully saturated rings. The molecule has 0 aliphatic heterocycles. The second-order valence-electron chi connectivity index (χ2n) is 5.36. The van der Waals surface area contributed by atoms with Crippen LogP contribution in [0.2, 0.25) is 0 Å². The van der Waals surface area contributed by atoms with Crippen molar-refractivity contribution in [3.63, 3.8) is 0 Å². The molecular formula is C18H20F3N. The lowest BCUT2D eigenvalue weighted by Crippen LogP contribution is -2.16. The standard InChI is InChI=1S/C18H20F3N/c1-22-12-11-15(14-7-3-2-4-8-14)13-16-9-5-6-10-17(16)18(19,20)21/h2-10,15,22H,11-13H2,1H3. The zero-order chi connectivity index (χ0) is 16.0. The van der Waals surface area contributed by atoms with Gasteiger partial charge in [0.15, 0.2) is 0 Å². The van der Waals surface area contributed by atoms with Crippen LogP contribution in [0, 0.1) is 0 Å². The first-order valence-corrected chi connectivity index (χ1v) is 7.37. The van der Waals surface area contributed by atoms with Crippen LogP contribution in [0.1, 0.15) is 29.0 Å². The van der Waals surface area contributed by atoms with Crippen molar-refractivity contribution in [2.75, 3.05) is 13.6 Å². The van der Waals surface area contributed by atoms with Crippen LogP contribution in [0.25, 0.3) is 0 Å². The Morgan fingerprint density at radius 3 is 2.23 bits per heavy atom. The molecule has 1 N–H and O–H groups in total. The molecule has 4 heteroatoms. The molecule has 0 aliphatic carbocycles. The molecule has 22 heavy (non-hydrogen) atoms. The number of hydrogen-bond donors (Lipinski definition) is 1. The zero-order valence-electron chi connectivity index (χ0n) is 12.5. The van der Waals surface area contributed by atoms with Crippen molar-refractivity contribution in [3.05, 3.63) is 71.3 Å². The van der Waals surface area contributed by atoms with E-state index in [4.69, 9.17) is 0 Å². The Morgan fingerprint density at radius 1 is 0.955 bits per heavy atom. The van der Waals surface area contributed by atoms with Gasteiger partial charge in [-0.05, 0) is 49.5 Å². The first-order valence-electron chi connectivity index (χ1n) is 7.37. The SMILES string of the molecule is CNCCC(Cc1ccccc1C(F)(F)F)c1ccccc1. The molecule has 0 amide bonds. The molecular weight excluding hydrogens is 287 g/mol. The average Bonchev–Trinajstić information content (AvgIpc) is 2.51. The first-order chi connectivity index (χ1) is 10.5. The first kappa shape index (κ1) is 16.6. The fourth-order valence-electron chi connectivity index (χ4n) is 2.67. The Kier molecular flexibility index (Phi) is 5.61. The third-order valence-electron chi connectivity index (χ3n) is 3.80. The predicted molar refractivity (Wildman–Crippen MR) is 82.9 cm³/mol. The van der Waals surface area contributed by atoms with Crippen molar-refractivity contribution in [2.45, 2.75) is 24.9 Å². The van der Waals surface area contributed by atoms with Crippen LogP contribution in [0.3, 0.4) is 0 Å². The molecule has 1 unspecified atom stereocenters. The summed E-state index contributed by atoms with van der Waals surface area (Å²) in [5, 5.41) is 3.08. The van der Waals surface area contributed by atoms with E-state index < -0.39 is 11.7 Å². The molecule has 118 valence electrons. The maximum absolute atomic E-state index is 13.1.